The molecular weight excluding hydrogens is 326 g/mol. The number of carbonyl (C=O) groups excluding carboxylic acids is 1. The molecule has 2 aromatic heterocycles. The van der Waals surface area contributed by atoms with Crippen molar-refractivity contribution in [1.29, 1.82) is 0 Å². The lowest BCUT2D eigenvalue weighted by atomic mass is 10.1. The van der Waals surface area contributed by atoms with Crippen molar-refractivity contribution in [2.75, 3.05) is 27.4 Å². The zero-order chi connectivity index (χ0) is 17.7. The van der Waals surface area contributed by atoms with E-state index < -0.39 is 0 Å². The number of hydrogen-bond acceptors (Lipinski definition) is 6. The molecule has 0 aliphatic carbocycles. The maximum Gasteiger partial charge on any atom is 0.259 e. The largest absolute Gasteiger partial charge is 0.475 e. The molecule has 0 saturated carbocycles. The molecule has 0 spiro atoms. The normalized spacial score (nSPS) is 12.0. The van der Waals surface area contributed by atoms with Gasteiger partial charge in [-0.2, -0.15) is 0 Å². The van der Waals surface area contributed by atoms with Gasteiger partial charge in [0.05, 0.1) is 23.4 Å². The summed E-state index contributed by atoms with van der Waals surface area (Å²) in [5.41, 5.74) is 1.41. The second kappa shape index (κ2) is 8.21. The first kappa shape index (κ1) is 18.4. The van der Waals surface area contributed by atoms with E-state index in [0.29, 0.717) is 24.7 Å². The third-order valence-corrected chi connectivity index (χ3v) is 4.99. The van der Waals surface area contributed by atoms with Crippen LogP contribution in [0.25, 0.3) is 0 Å². The third kappa shape index (κ3) is 4.10. The van der Waals surface area contributed by atoms with Crippen LogP contribution >= 0.6 is 11.3 Å². The second-order valence-corrected chi connectivity index (χ2v) is 6.71. The van der Waals surface area contributed by atoms with Gasteiger partial charge in [-0.05, 0) is 32.9 Å². The van der Waals surface area contributed by atoms with Crippen molar-refractivity contribution < 1.29 is 14.3 Å². The molecule has 1 atom stereocenters. The molecule has 7 heteroatoms. The zero-order valence-corrected chi connectivity index (χ0v) is 15.5. The minimum atomic E-state index is -0.131. The van der Waals surface area contributed by atoms with E-state index in [1.807, 2.05) is 20.8 Å². The summed E-state index contributed by atoms with van der Waals surface area (Å²) in [6, 6.07) is 3.39. The topological polar surface area (TPSA) is 64.6 Å². The summed E-state index contributed by atoms with van der Waals surface area (Å²) < 4.78 is 10.5. The molecule has 1 amide bonds. The van der Waals surface area contributed by atoms with Crippen molar-refractivity contribution in [1.82, 2.24) is 14.9 Å². The molecule has 130 valence electrons. The number of amides is 1. The molecule has 0 aliphatic rings. The average Bonchev–Trinajstić information content (AvgIpc) is 2.92. The Hall–Kier alpha value is -1.99. The van der Waals surface area contributed by atoms with E-state index in [-0.39, 0.29) is 11.9 Å². The fraction of sp³-hybridized carbons (Fsp3) is 0.471. The van der Waals surface area contributed by atoms with Gasteiger partial charge in [0.1, 0.15) is 12.2 Å². The summed E-state index contributed by atoms with van der Waals surface area (Å²) in [6.45, 7) is 6.73. The predicted molar refractivity (Wildman–Crippen MR) is 93.7 cm³/mol. The van der Waals surface area contributed by atoms with Gasteiger partial charge in [-0.1, -0.05) is 0 Å². The van der Waals surface area contributed by atoms with Crippen molar-refractivity contribution in [2.24, 2.45) is 0 Å². The first-order chi connectivity index (χ1) is 11.5. The van der Waals surface area contributed by atoms with Gasteiger partial charge >= 0.3 is 0 Å². The highest BCUT2D eigenvalue weighted by atomic mass is 32.1. The highest BCUT2D eigenvalue weighted by Gasteiger charge is 2.25. The number of carbonyl (C=O) groups is 1. The maximum absolute atomic E-state index is 12.9. The Morgan fingerprint density at radius 2 is 2.12 bits per heavy atom. The summed E-state index contributed by atoms with van der Waals surface area (Å²) in [5.74, 6) is 0.198. The number of ether oxygens (including phenoxy) is 2. The Morgan fingerprint density at radius 1 is 1.38 bits per heavy atom. The summed E-state index contributed by atoms with van der Waals surface area (Å²) in [6.07, 6.45) is 1.61. The molecule has 0 aliphatic heterocycles. The lowest BCUT2D eigenvalue weighted by Gasteiger charge is -2.25. The van der Waals surface area contributed by atoms with Crippen molar-refractivity contribution in [3.63, 3.8) is 0 Å². The lowest BCUT2D eigenvalue weighted by Crippen LogP contribution is -2.30. The van der Waals surface area contributed by atoms with Crippen LogP contribution in [-0.4, -0.2) is 48.1 Å². The molecule has 6 nitrogen and oxygen atoms in total. The molecule has 0 bridgehead atoms. The van der Waals surface area contributed by atoms with Crippen LogP contribution in [-0.2, 0) is 4.74 Å². The van der Waals surface area contributed by atoms with Gasteiger partial charge in [0.15, 0.2) is 0 Å². The number of rotatable bonds is 7. The molecule has 0 fully saturated rings. The Balaban J connectivity index is 2.20. The molecule has 0 N–H and O–H groups in total. The number of methoxy groups -OCH3 is 1. The minimum absolute atomic E-state index is 0.0734. The standard InChI is InChI=1S/C17H23N3O3S/c1-11-15(24-13(3)19-11)12(2)20(4)17(21)14-7-6-8-18-16(14)23-10-9-22-5/h6-8,12H,9-10H2,1-5H3/t12-/m0/s1. The van der Waals surface area contributed by atoms with Gasteiger partial charge in [-0.25, -0.2) is 9.97 Å². The van der Waals surface area contributed by atoms with E-state index in [4.69, 9.17) is 9.47 Å². The Labute approximate surface area is 146 Å². The monoisotopic (exact) mass is 349 g/mol. The van der Waals surface area contributed by atoms with Crippen LogP contribution in [0, 0.1) is 13.8 Å². The summed E-state index contributed by atoms with van der Waals surface area (Å²) in [5, 5.41) is 1.00. The van der Waals surface area contributed by atoms with Crippen LogP contribution in [0.4, 0.5) is 0 Å². The van der Waals surface area contributed by atoms with E-state index in [2.05, 4.69) is 9.97 Å². The molecule has 0 radical (unpaired) electrons. The Bertz CT molecular complexity index is 702. The summed E-state index contributed by atoms with van der Waals surface area (Å²) in [4.78, 5) is 24.3. The van der Waals surface area contributed by atoms with Gasteiger partial charge < -0.3 is 14.4 Å². The number of aryl methyl sites for hydroxylation is 2. The Morgan fingerprint density at radius 3 is 2.75 bits per heavy atom. The maximum atomic E-state index is 12.9. The van der Waals surface area contributed by atoms with Gasteiger partial charge in [-0.3, -0.25) is 4.79 Å². The second-order valence-electron chi connectivity index (χ2n) is 5.47. The zero-order valence-electron chi connectivity index (χ0n) is 14.7. The number of aromatic nitrogens is 2. The van der Waals surface area contributed by atoms with Crippen LogP contribution in [0.3, 0.4) is 0 Å². The van der Waals surface area contributed by atoms with Crippen LogP contribution in [0.5, 0.6) is 5.88 Å². The number of pyridine rings is 1. The molecule has 0 saturated heterocycles. The first-order valence-electron chi connectivity index (χ1n) is 7.73. The molecule has 24 heavy (non-hydrogen) atoms. The summed E-state index contributed by atoms with van der Waals surface area (Å²) in [7, 11) is 3.39. The minimum Gasteiger partial charge on any atom is -0.475 e. The summed E-state index contributed by atoms with van der Waals surface area (Å²) >= 11 is 1.62. The third-order valence-electron chi connectivity index (χ3n) is 3.75. The highest BCUT2D eigenvalue weighted by Crippen LogP contribution is 2.30. The molecule has 2 heterocycles. The van der Waals surface area contributed by atoms with Gasteiger partial charge in [-0.15, -0.1) is 11.3 Å². The highest BCUT2D eigenvalue weighted by molar-refractivity contribution is 7.11. The van der Waals surface area contributed by atoms with Crippen molar-refractivity contribution in [3.8, 4) is 5.88 Å². The smallest absolute Gasteiger partial charge is 0.259 e. The number of nitrogens with zero attached hydrogens (tertiary/aromatic N) is 3. The van der Waals surface area contributed by atoms with E-state index in [0.717, 1.165) is 15.6 Å². The molecule has 0 aromatic carbocycles. The lowest BCUT2D eigenvalue weighted by molar-refractivity contribution is 0.0736. The van der Waals surface area contributed by atoms with Crippen LogP contribution in [0.1, 0.15) is 38.9 Å². The van der Waals surface area contributed by atoms with Crippen LogP contribution in [0.15, 0.2) is 18.3 Å². The van der Waals surface area contributed by atoms with E-state index in [1.165, 1.54) is 0 Å². The average molecular weight is 349 g/mol. The van der Waals surface area contributed by atoms with Crippen molar-refractivity contribution in [2.45, 2.75) is 26.8 Å². The van der Waals surface area contributed by atoms with Crippen molar-refractivity contribution >= 4 is 17.2 Å². The van der Waals surface area contributed by atoms with Gasteiger partial charge in [0, 0.05) is 25.2 Å². The SMILES string of the molecule is COCCOc1ncccc1C(=O)N(C)[C@@H](C)c1sc(C)nc1C. The molecule has 2 aromatic rings. The molecule has 0 unspecified atom stereocenters. The molecule has 2 rings (SSSR count). The van der Waals surface area contributed by atoms with Gasteiger partial charge in [0.2, 0.25) is 5.88 Å². The quantitative estimate of drug-likeness (QED) is 0.719. The van der Waals surface area contributed by atoms with E-state index in [9.17, 15) is 4.79 Å². The molecular formula is C17H23N3O3S. The number of hydrogen-bond donors (Lipinski definition) is 0. The van der Waals surface area contributed by atoms with E-state index >= 15 is 0 Å². The van der Waals surface area contributed by atoms with E-state index in [1.54, 1.807) is 48.7 Å². The fourth-order valence-electron chi connectivity index (χ4n) is 2.37. The number of thiazole rings is 1. The fourth-order valence-corrected chi connectivity index (χ4v) is 3.39. The van der Waals surface area contributed by atoms with Crippen LogP contribution < -0.4 is 4.74 Å². The van der Waals surface area contributed by atoms with Crippen LogP contribution in [0.2, 0.25) is 0 Å². The van der Waals surface area contributed by atoms with Gasteiger partial charge in [0.25, 0.3) is 5.91 Å². The van der Waals surface area contributed by atoms with Crippen molar-refractivity contribution in [3.05, 3.63) is 39.5 Å². The first-order valence-corrected chi connectivity index (χ1v) is 8.55. The Kier molecular flexibility index (Phi) is 6.28. The predicted octanol–water partition coefficient (Wildman–Crippen LogP) is 3.01.